The van der Waals surface area contributed by atoms with Crippen molar-refractivity contribution in [1.82, 2.24) is 10.2 Å². The molecule has 1 aromatic carbocycles. The summed E-state index contributed by atoms with van der Waals surface area (Å²) in [6.07, 6.45) is 3.69. The molecule has 0 spiro atoms. The van der Waals surface area contributed by atoms with Gasteiger partial charge in [0.15, 0.2) is 0 Å². The molecule has 2 rings (SSSR count). The van der Waals surface area contributed by atoms with Crippen molar-refractivity contribution in [2.75, 3.05) is 26.2 Å². The molecule has 1 fully saturated rings. The molecule has 0 bridgehead atoms. The molecule has 98 valence electrons. The van der Waals surface area contributed by atoms with Crippen molar-refractivity contribution >= 4 is 28.5 Å². The van der Waals surface area contributed by atoms with Crippen molar-refractivity contribution < 1.29 is 4.79 Å². The van der Waals surface area contributed by atoms with E-state index in [-0.39, 0.29) is 5.91 Å². The summed E-state index contributed by atoms with van der Waals surface area (Å²) in [5, 5.41) is 2.98. The highest BCUT2D eigenvalue weighted by Gasteiger charge is 2.10. The molecule has 0 aromatic heterocycles. The summed E-state index contributed by atoms with van der Waals surface area (Å²) < 4.78 is 1.09. The van der Waals surface area contributed by atoms with Crippen molar-refractivity contribution in [3.05, 3.63) is 33.4 Å². The predicted molar refractivity (Wildman–Crippen MR) is 81.8 cm³/mol. The summed E-state index contributed by atoms with van der Waals surface area (Å²) in [6.45, 7) is 4.32. The van der Waals surface area contributed by atoms with Crippen LogP contribution in [0.5, 0.6) is 0 Å². The quantitative estimate of drug-likeness (QED) is 0.648. The number of nitrogens with one attached hydrogen (secondary N) is 1. The minimum absolute atomic E-state index is 0.0370. The number of benzene rings is 1. The van der Waals surface area contributed by atoms with Crippen molar-refractivity contribution in [2.24, 2.45) is 0 Å². The second kappa shape index (κ2) is 7.09. The van der Waals surface area contributed by atoms with Crippen LogP contribution in [-0.2, 0) is 0 Å². The third-order valence-corrected chi connectivity index (χ3v) is 3.89. The summed E-state index contributed by atoms with van der Waals surface area (Å²) in [5.41, 5.74) is 0.753. The molecule has 18 heavy (non-hydrogen) atoms. The van der Waals surface area contributed by atoms with Crippen LogP contribution in [0.4, 0.5) is 0 Å². The lowest BCUT2D eigenvalue weighted by molar-refractivity contribution is 0.0952. The summed E-state index contributed by atoms with van der Waals surface area (Å²) in [6, 6.07) is 7.68. The Labute approximate surface area is 122 Å². The molecular formula is C14H19IN2O. The fourth-order valence-corrected chi connectivity index (χ4v) is 2.79. The highest BCUT2D eigenvalue weighted by atomic mass is 127. The van der Waals surface area contributed by atoms with Gasteiger partial charge in [0, 0.05) is 15.7 Å². The molecule has 0 atom stereocenters. The third-order valence-electron chi connectivity index (χ3n) is 3.22. The number of rotatable bonds is 5. The fraction of sp³-hybridized carbons (Fsp3) is 0.500. The average molecular weight is 358 g/mol. The Balaban J connectivity index is 1.68. The molecule has 1 aromatic rings. The van der Waals surface area contributed by atoms with Crippen LogP contribution in [-0.4, -0.2) is 37.0 Å². The summed E-state index contributed by atoms with van der Waals surface area (Å²) in [7, 11) is 0. The molecule has 0 saturated carbocycles. The lowest BCUT2D eigenvalue weighted by atomic mass is 10.2. The highest BCUT2D eigenvalue weighted by molar-refractivity contribution is 14.1. The van der Waals surface area contributed by atoms with Gasteiger partial charge < -0.3 is 10.2 Å². The van der Waals surface area contributed by atoms with Gasteiger partial charge in [-0.3, -0.25) is 4.79 Å². The SMILES string of the molecule is O=C(NCCCN1CCCC1)c1cccc(I)c1. The van der Waals surface area contributed by atoms with E-state index < -0.39 is 0 Å². The van der Waals surface area contributed by atoms with Crippen LogP contribution in [0.1, 0.15) is 29.6 Å². The van der Waals surface area contributed by atoms with Gasteiger partial charge in [-0.05, 0) is 79.7 Å². The average Bonchev–Trinajstić information content (AvgIpc) is 2.87. The van der Waals surface area contributed by atoms with Gasteiger partial charge >= 0.3 is 0 Å². The number of carbonyl (C=O) groups excluding carboxylic acids is 1. The summed E-state index contributed by atoms with van der Waals surface area (Å²) in [4.78, 5) is 14.3. The van der Waals surface area contributed by atoms with E-state index in [0.29, 0.717) is 0 Å². The minimum atomic E-state index is 0.0370. The van der Waals surface area contributed by atoms with E-state index >= 15 is 0 Å². The minimum Gasteiger partial charge on any atom is -0.352 e. The number of amides is 1. The largest absolute Gasteiger partial charge is 0.352 e. The van der Waals surface area contributed by atoms with Crippen LogP contribution in [0.2, 0.25) is 0 Å². The fourth-order valence-electron chi connectivity index (χ4n) is 2.24. The van der Waals surface area contributed by atoms with Gasteiger partial charge in [0.1, 0.15) is 0 Å². The normalized spacial score (nSPS) is 15.8. The van der Waals surface area contributed by atoms with E-state index in [1.54, 1.807) is 0 Å². The van der Waals surface area contributed by atoms with E-state index in [4.69, 9.17) is 0 Å². The Morgan fingerprint density at radius 1 is 1.33 bits per heavy atom. The van der Waals surface area contributed by atoms with Crippen LogP contribution in [0.25, 0.3) is 0 Å². The monoisotopic (exact) mass is 358 g/mol. The molecule has 1 saturated heterocycles. The van der Waals surface area contributed by atoms with E-state index in [9.17, 15) is 4.79 Å². The number of carbonyl (C=O) groups is 1. The van der Waals surface area contributed by atoms with Crippen LogP contribution in [0.3, 0.4) is 0 Å². The lowest BCUT2D eigenvalue weighted by Crippen LogP contribution is -2.28. The van der Waals surface area contributed by atoms with Crippen LogP contribution in [0.15, 0.2) is 24.3 Å². The molecule has 1 aliphatic heterocycles. The Bertz CT molecular complexity index is 403. The Kier molecular flexibility index (Phi) is 5.44. The first-order valence-electron chi connectivity index (χ1n) is 6.52. The molecule has 1 aliphatic rings. The first kappa shape index (κ1) is 13.8. The zero-order chi connectivity index (χ0) is 12.8. The number of nitrogens with zero attached hydrogens (tertiary/aromatic N) is 1. The summed E-state index contributed by atoms with van der Waals surface area (Å²) >= 11 is 2.22. The van der Waals surface area contributed by atoms with Crippen LogP contribution in [0, 0.1) is 3.57 Å². The maximum Gasteiger partial charge on any atom is 0.251 e. The van der Waals surface area contributed by atoms with E-state index in [1.165, 1.54) is 25.9 Å². The third kappa shape index (κ3) is 4.24. The van der Waals surface area contributed by atoms with Gasteiger partial charge in [-0.2, -0.15) is 0 Å². The van der Waals surface area contributed by atoms with E-state index in [2.05, 4.69) is 32.8 Å². The van der Waals surface area contributed by atoms with Crippen molar-refractivity contribution in [1.29, 1.82) is 0 Å². The Morgan fingerprint density at radius 3 is 2.83 bits per heavy atom. The predicted octanol–water partition coefficient (Wildman–Crippen LogP) is 2.51. The molecule has 4 heteroatoms. The molecule has 1 heterocycles. The Hall–Kier alpha value is -0.620. The first-order valence-corrected chi connectivity index (χ1v) is 7.60. The van der Waals surface area contributed by atoms with Gasteiger partial charge in [0.2, 0.25) is 0 Å². The lowest BCUT2D eigenvalue weighted by Gasteiger charge is -2.14. The number of hydrogen-bond donors (Lipinski definition) is 1. The van der Waals surface area contributed by atoms with Crippen molar-refractivity contribution in [3.63, 3.8) is 0 Å². The highest BCUT2D eigenvalue weighted by Crippen LogP contribution is 2.08. The van der Waals surface area contributed by atoms with Crippen molar-refractivity contribution in [3.8, 4) is 0 Å². The molecule has 1 amide bonds. The van der Waals surface area contributed by atoms with Crippen molar-refractivity contribution in [2.45, 2.75) is 19.3 Å². The molecule has 0 aliphatic carbocycles. The van der Waals surface area contributed by atoms with Gasteiger partial charge in [-0.15, -0.1) is 0 Å². The second-order valence-corrected chi connectivity index (χ2v) is 5.91. The van der Waals surface area contributed by atoms with E-state index in [0.717, 1.165) is 28.6 Å². The van der Waals surface area contributed by atoms with Gasteiger partial charge in [0.05, 0.1) is 0 Å². The van der Waals surface area contributed by atoms with E-state index in [1.807, 2.05) is 24.3 Å². The standard InChI is InChI=1S/C14H19IN2O/c15-13-6-3-5-12(11-13)14(18)16-7-4-10-17-8-1-2-9-17/h3,5-6,11H,1-2,4,7-10H2,(H,16,18). The maximum absolute atomic E-state index is 11.9. The summed E-state index contributed by atoms with van der Waals surface area (Å²) in [5.74, 6) is 0.0370. The topological polar surface area (TPSA) is 32.3 Å². The number of hydrogen-bond acceptors (Lipinski definition) is 2. The van der Waals surface area contributed by atoms with Gasteiger partial charge in [-0.25, -0.2) is 0 Å². The molecule has 3 nitrogen and oxygen atoms in total. The molecule has 0 unspecified atom stereocenters. The first-order chi connectivity index (χ1) is 8.75. The number of halogens is 1. The molecule has 1 N–H and O–H groups in total. The molecule has 0 radical (unpaired) electrons. The second-order valence-electron chi connectivity index (χ2n) is 4.67. The zero-order valence-corrected chi connectivity index (χ0v) is 12.7. The molecular weight excluding hydrogens is 339 g/mol. The van der Waals surface area contributed by atoms with Crippen LogP contribution < -0.4 is 5.32 Å². The van der Waals surface area contributed by atoms with Crippen LogP contribution >= 0.6 is 22.6 Å². The van der Waals surface area contributed by atoms with Gasteiger partial charge in [0.25, 0.3) is 5.91 Å². The maximum atomic E-state index is 11.9. The Morgan fingerprint density at radius 2 is 2.11 bits per heavy atom. The number of likely N-dealkylation sites (tertiary alicyclic amines) is 1. The zero-order valence-electron chi connectivity index (χ0n) is 10.5. The van der Waals surface area contributed by atoms with Gasteiger partial charge in [-0.1, -0.05) is 6.07 Å². The smallest absolute Gasteiger partial charge is 0.251 e.